The second kappa shape index (κ2) is 4.89. The van der Waals surface area contributed by atoms with Crippen LogP contribution in [0.3, 0.4) is 0 Å². The Morgan fingerprint density at radius 2 is 2.35 bits per heavy atom. The maximum Gasteiger partial charge on any atom is 0.268 e. The van der Waals surface area contributed by atoms with E-state index >= 15 is 0 Å². The van der Waals surface area contributed by atoms with Gasteiger partial charge in [0.25, 0.3) is 5.91 Å². The largest absolute Gasteiger partial charge is 0.347 e. The molecule has 3 rings (SSSR count). The number of amides is 1. The number of fused-ring (bicyclic) bond motifs is 1. The third-order valence-corrected chi connectivity index (χ3v) is 6.26. The van der Waals surface area contributed by atoms with Gasteiger partial charge in [-0.2, -0.15) is 0 Å². The molecule has 0 aromatic carbocycles. The first kappa shape index (κ1) is 13.6. The van der Waals surface area contributed by atoms with Crippen LogP contribution in [0.2, 0.25) is 0 Å². The molecule has 1 fully saturated rings. The minimum absolute atomic E-state index is 0.0555. The van der Waals surface area contributed by atoms with Gasteiger partial charge in [-0.25, -0.2) is 8.42 Å². The molecule has 5 nitrogen and oxygen atoms in total. The number of nitrogens with one attached hydrogen (secondary N) is 1. The summed E-state index contributed by atoms with van der Waals surface area (Å²) in [6.45, 7) is 2.71. The molecule has 3 heterocycles. The summed E-state index contributed by atoms with van der Waals surface area (Å²) >= 11 is 1.60. The Labute approximate surface area is 121 Å². The maximum absolute atomic E-state index is 12.3. The van der Waals surface area contributed by atoms with Crippen LogP contribution in [0.1, 0.15) is 23.8 Å². The molecule has 1 amide bonds. The maximum atomic E-state index is 12.3. The van der Waals surface area contributed by atoms with E-state index in [1.807, 2.05) is 29.0 Å². The van der Waals surface area contributed by atoms with Crippen LogP contribution in [0.25, 0.3) is 10.2 Å². The summed E-state index contributed by atoms with van der Waals surface area (Å²) in [6, 6.07) is 3.62. The molecule has 2 aromatic rings. The van der Waals surface area contributed by atoms with Crippen LogP contribution in [-0.2, 0) is 16.4 Å². The molecule has 2 aromatic heterocycles. The number of aryl methyl sites for hydroxylation is 1. The van der Waals surface area contributed by atoms with Crippen molar-refractivity contribution < 1.29 is 13.2 Å². The number of hydrogen-bond donors (Lipinski definition) is 1. The molecule has 1 N–H and O–H groups in total. The Hall–Kier alpha value is -1.34. The van der Waals surface area contributed by atoms with E-state index < -0.39 is 9.84 Å². The third kappa shape index (κ3) is 2.35. The fraction of sp³-hybridized carbons (Fsp3) is 0.462. The molecular formula is C13H16N2O3S2. The molecule has 0 unspecified atom stereocenters. The van der Waals surface area contributed by atoms with Crippen LogP contribution in [0.5, 0.6) is 0 Å². The highest BCUT2D eigenvalue weighted by Gasteiger charge is 2.29. The van der Waals surface area contributed by atoms with E-state index in [1.165, 1.54) is 0 Å². The zero-order chi connectivity index (χ0) is 14.3. The van der Waals surface area contributed by atoms with Gasteiger partial charge in [0.2, 0.25) is 0 Å². The average Bonchev–Trinajstić information content (AvgIpc) is 3.02. The van der Waals surface area contributed by atoms with Crippen LogP contribution in [0.15, 0.2) is 17.5 Å². The van der Waals surface area contributed by atoms with Gasteiger partial charge in [-0.15, -0.1) is 11.3 Å². The molecule has 1 atom stereocenters. The van der Waals surface area contributed by atoms with Crippen molar-refractivity contribution in [3.63, 3.8) is 0 Å². The van der Waals surface area contributed by atoms with Crippen molar-refractivity contribution in [3.8, 4) is 0 Å². The van der Waals surface area contributed by atoms with E-state index in [4.69, 9.17) is 0 Å². The highest BCUT2D eigenvalue weighted by Crippen LogP contribution is 2.25. The van der Waals surface area contributed by atoms with Crippen LogP contribution in [-0.4, -0.2) is 36.4 Å². The van der Waals surface area contributed by atoms with E-state index in [2.05, 4.69) is 5.32 Å². The second-order valence-corrected chi connectivity index (χ2v) is 8.19. The molecular weight excluding hydrogens is 296 g/mol. The molecule has 0 saturated carbocycles. The van der Waals surface area contributed by atoms with Crippen LogP contribution < -0.4 is 5.32 Å². The fourth-order valence-corrected chi connectivity index (χ4v) is 5.17. The lowest BCUT2D eigenvalue weighted by molar-refractivity contribution is 0.0932. The highest BCUT2D eigenvalue weighted by molar-refractivity contribution is 7.91. The van der Waals surface area contributed by atoms with Crippen LogP contribution in [0, 0.1) is 0 Å². The topological polar surface area (TPSA) is 68.2 Å². The van der Waals surface area contributed by atoms with Crippen LogP contribution >= 0.6 is 11.3 Å². The van der Waals surface area contributed by atoms with Gasteiger partial charge in [0, 0.05) is 12.6 Å². The molecule has 0 radical (unpaired) electrons. The van der Waals surface area contributed by atoms with Gasteiger partial charge >= 0.3 is 0 Å². The van der Waals surface area contributed by atoms with Crippen molar-refractivity contribution in [2.45, 2.75) is 25.9 Å². The number of sulfone groups is 1. The zero-order valence-corrected chi connectivity index (χ0v) is 12.8. The lowest BCUT2D eigenvalue weighted by Crippen LogP contribution is -2.36. The van der Waals surface area contributed by atoms with Crippen molar-refractivity contribution in [3.05, 3.63) is 23.2 Å². The highest BCUT2D eigenvalue weighted by atomic mass is 32.2. The van der Waals surface area contributed by atoms with E-state index in [1.54, 1.807) is 11.3 Å². The number of hydrogen-bond acceptors (Lipinski definition) is 4. The standard InChI is InChI=1S/C13H16N2O3S2/c1-2-15-10-3-5-19-12(10)7-11(15)13(16)14-9-4-6-20(17,18)8-9/h3,5,7,9H,2,4,6,8H2,1H3,(H,14,16)/t9-/m1/s1. The minimum Gasteiger partial charge on any atom is -0.347 e. The lowest BCUT2D eigenvalue weighted by atomic mass is 10.2. The van der Waals surface area contributed by atoms with E-state index in [9.17, 15) is 13.2 Å². The van der Waals surface area contributed by atoms with E-state index in [0.717, 1.165) is 10.2 Å². The Kier molecular flexibility index (Phi) is 3.33. The number of thiophene rings is 1. The van der Waals surface area contributed by atoms with Gasteiger partial charge in [0.1, 0.15) is 5.69 Å². The molecule has 108 valence electrons. The number of carbonyl (C=O) groups excluding carboxylic acids is 1. The van der Waals surface area contributed by atoms with E-state index in [0.29, 0.717) is 18.7 Å². The summed E-state index contributed by atoms with van der Waals surface area (Å²) in [5.74, 6) is 0.0410. The smallest absolute Gasteiger partial charge is 0.268 e. The molecule has 20 heavy (non-hydrogen) atoms. The number of nitrogens with zero attached hydrogens (tertiary/aromatic N) is 1. The van der Waals surface area contributed by atoms with E-state index in [-0.39, 0.29) is 23.5 Å². The summed E-state index contributed by atoms with van der Waals surface area (Å²) in [5, 5.41) is 4.84. The zero-order valence-electron chi connectivity index (χ0n) is 11.1. The number of rotatable bonds is 3. The monoisotopic (exact) mass is 312 g/mol. The minimum atomic E-state index is -2.97. The number of aromatic nitrogens is 1. The summed E-state index contributed by atoms with van der Waals surface area (Å²) in [7, 11) is -2.97. The van der Waals surface area contributed by atoms with Gasteiger partial charge in [-0.05, 0) is 30.9 Å². The summed E-state index contributed by atoms with van der Waals surface area (Å²) in [5.41, 5.74) is 1.67. The molecule has 7 heteroatoms. The molecule has 0 spiro atoms. The predicted molar refractivity (Wildman–Crippen MR) is 80.0 cm³/mol. The van der Waals surface area contributed by atoms with Crippen molar-refractivity contribution in [2.75, 3.05) is 11.5 Å². The van der Waals surface area contributed by atoms with Gasteiger partial charge in [0.05, 0.1) is 21.7 Å². The normalized spacial score (nSPS) is 21.4. The first-order valence-electron chi connectivity index (χ1n) is 6.58. The Balaban J connectivity index is 1.84. The first-order chi connectivity index (χ1) is 9.50. The summed E-state index contributed by atoms with van der Waals surface area (Å²) in [4.78, 5) is 12.3. The van der Waals surface area contributed by atoms with Crippen molar-refractivity contribution in [2.24, 2.45) is 0 Å². The second-order valence-electron chi connectivity index (χ2n) is 5.02. The van der Waals surface area contributed by atoms with Crippen molar-refractivity contribution in [1.82, 2.24) is 9.88 Å². The summed E-state index contributed by atoms with van der Waals surface area (Å²) < 4.78 is 25.9. The molecule has 1 saturated heterocycles. The van der Waals surface area contributed by atoms with Crippen molar-refractivity contribution in [1.29, 1.82) is 0 Å². The molecule has 0 aliphatic carbocycles. The van der Waals surface area contributed by atoms with Gasteiger partial charge in [0.15, 0.2) is 9.84 Å². The lowest BCUT2D eigenvalue weighted by Gasteiger charge is -2.12. The Bertz CT molecular complexity index is 758. The number of carbonyl (C=O) groups is 1. The van der Waals surface area contributed by atoms with Gasteiger partial charge < -0.3 is 9.88 Å². The predicted octanol–water partition coefficient (Wildman–Crippen LogP) is 1.64. The van der Waals surface area contributed by atoms with Crippen molar-refractivity contribution >= 4 is 37.3 Å². The SMILES string of the molecule is CCn1c(C(=O)N[C@@H]2CCS(=O)(=O)C2)cc2sccc21. The first-order valence-corrected chi connectivity index (χ1v) is 9.28. The third-order valence-electron chi connectivity index (χ3n) is 3.64. The quantitative estimate of drug-likeness (QED) is 0.937. The van der Waals surface area contributed by atoms with Gasteiger partial charge in [-0.3, -0.25) is 4.79 Å². The summed E-state index contributed by atoms with van der Waals surface area (Å²) in [6.07, 6.45) is 0.509. The molecule has 1 aliphatic heterocycles. The molecule has 0 bridgehead atoms. The molecule has 1 aliphatic rings. The van der Waals surface area contributed by atoms with Crippen LogP contribution in [0.4, 0.5) is 0 Å². The Morgan fingerprint density at radius 3 is 3.00 bits per heavy atom. The average molecular weight is 312 g/mol. The van der Waals surface area contributed by atoms with Gasteiger partial charge in [-0.1, -0.05) is 0 Å². The fourth-order valence-electron chi connectivity index (χ4n) is 2.67. The Morgan fingerprint density at radius 1 is 1.55 bits per heavy atom.